The minimum Gasteiger partial charge on any atom is -0.299 e. The van der Waals surface area contributed by atoms with E-state index in [1.165, 1.54) is 8.61 Å². The van der Waals surface area contributed by atoms with Gasteiger partial charge in [-0.15, -0.1) is 11.3 Å². The van der Waals surface area contributed by atoms with E-state index >= 15 is 0 Å². The Hall–Kier alpha value is -0.810. The van der Waals surface area contributed by atoms with Crippen LogP contribution in [0.4, 0.5) is 0 Å². The molecule has 2 heterocycles. The van der Waals surface area contributed by atoms with Gasteiger partial charge in [0.05, 0.1) is 5.75 Å². The number of thiophene rings is 1. The van der Waals surface area contributed by atoms with E-state index in [4.69, 9.17) is 0 Å². The molecule has 2 unspecified atom stereocenters. The van der Waals surface area contributed by atoms with Crippen molar-refractivity contribution >= 4 is 37.2 Å². The monoisotopic (exact) mass is 446 g/mol. The van der Waals surface area contributed by atoms with Crippen LogP contribution in [0.15, 0.2) is 21.7 Å². The molecule has 1 saturated heterocycles. The largest absolute Gasteiger partial charge is 0.299 e. The Bertz CT molecular complexity index is 976. The summed E-state index contributed by atoms with van der Waals surface area (Å²) in [6, 6.07) is 3.25. The summed E-state index contributed by atoms with van der Waals surface area (Å²) in [5.74, 6) is 0.194. The fraction of sp³-hybridized carbons (Fsp3) is 0.722. The number of fused-ring (bicyclic) bond motifs is 2. The van der Waals surface area contributed by atoms with Crippen LogP contribution in [0.25, 0.3) is 0 Å². The molecule has 0 amide bonds. The second-order valence-corrected chi connectivity index (χ2v) is 13.7. The maximum Gasteiger partial charge on any atom is 0.252 e. The molecule has 4 rings (SSSR count). The van der Waals surface area contributed by atoms with E-state index < -0.39 is 25.5 Å². The Morgan fingerprint density at radius 3 is 2.25 bits per heavy atom. The topological polar surface area (TPSA) is 91.8 Å². The van der Waals surface area contributed by atoms with Gasteiger partial charge >= 0.3 is 0 Å². The van der Waals surface area contributed by atoms with E-state index in [1.807, 2.05) is 13.8 Å². The summed E-state index contributed by atoms with van der Waals surface area (Å²) in [5, 5.41) is 1.71. The Morgan fingerprint density at radius 2 is 1.75 bits per heavy atom. The molecule has 2 bridgehead atoms. The highest BCUT2D eigenvalue weighted by Gasteiger charge is 2.65. The summed E-state index contributed by atoms with van der Waals surface area (Å²) in [7, 11) is -7.21. The highest BCUT2D eigenvalue weighted by atomic mass is 32.2. The fourth-order valence-electron chi connectivity index (χ4n) is 5.24. The van der Waals surface area contributed by atoms with Gasteiger partial charge in [0.15, 0.2) is 0 Å². The van der Waals surface area contributed by atoms with Crippen LogP contribution in [0.3, 0.4) is 0 Å². The second-order valence-electron chi connectivity index (χ2n) is 8.66. The molecule has 1 aliphatic heterocycles. The number of carbonyl (C=O) groups is 1. The highest BCUT2D eigenvalue weighted by molar-refractivity contribution is 7.91. The maximum absolute atomic E-state index is 13.2. The number of Topliss-reactive ketones (excluding diaryl/α,β-unsaturated/α-hetero) is 1. The first kappa shape index (κ1) is 20.5. The summed E-state index contributed by atoms with van der Waals surface area (Å²) in [5.41, 5.74) is -1.10. The van der Waals surface area contributed by atoms with Gasteiger partial charge in [-0.25, -0.2) is 16.8 Å². The lowest BCUT2D eigenvalue weighted by atomic mass is 9.70. The molecule has 1 aromatic rings. The number of sulfonamides is 2. The van der Waals surface area contributed by atoms with Crippen molar-refractivity contribution in [3.63, 3.8) is 0 Å². The Labute approximate surface area is 170 Å². The third-order valence-electron chi connectivity index (χ3n) is 7.25. The first-order valence-electron chi connectivity index (χ1n) is 9.55. The number of hydrogen-bond donors (Lipinski definition) is 0. The molecule has 28 heavy (non-hydrogen) atoms. The van der Waals surface area contributed by atoms with Crippen molar-refractivity contribution in [2.45, 2.75) is 37.3 Å². The van der Waals surface area contributed by atoms with Gasteiger partial charge in [0, 0.05) is 38.0 Å². The number of piperazine rings is 1. The molecule has 0 aromatic carbocycles. The normalized spacial score (nSPS) is 31.5. The predicted octanol–water partition coefficient (Wildman–Crippen LogP) is 1.78. The summed E-state index contributed by atoms with van der Waals surface area (Å²) in [6.45, 7) is 4.56. The predicted molar refractivity (Wildman–Crippen MR) is 107 cm³/mol. The van der Waals surface area contributed by atoms with E-state index in [2.05, 4.69) is 0 Å². The second kappa shape index (κ2) is 6.60. The van der Waals surface area contributed by atoms with Crippen LogP contribution in [0.5, 0.6) is 0 Å². The van der Waals surface area contributed by atoms with Gasteiger partial charge in [0.25, 0.3) is 10.0 Å². The quantitative estimate of drug-likeness (QED) is 0.688. The van der Waals surface area contributed by atoms with Gasteiger partial charge in [-0.2, -0.15) is 8.61 Å². The Kier molecular flexibility index (Phi) is 4.82. The van der Waals surface area contributed by atoms with Crippen LogP contribution >= 0.6 is 11.3 Å². The lowest BCUT2D eigenvalue weighted by Crippen LogP contribution is -2.53. The van der Waals surface area contributed by atoms with Crippen LogP contribution in [-0.4, -0.2) is 63.2 Å². The molecule has 0 spiro atoms. The fourth-order valence-corrected chi connectivity index (χ4v) is 10.0. The first-order valence-corrected chi connectivity index (χ1v) is 13.5. The lowest BCUT2D eigenvalue weighted by molar-refractivity contribution is -0.128. The van der Waals surface area contributed by atoms with Crippen LogP contribution in [0.2, 0.25) is 0 Å². The molecule has 2 atom stereocenters. The zero-order valence-electron chi connectivity index (χ0n) is 16.1. The molecule has 2 saturated carbocycles. The van der Waals surface area contributed by atoms with Crippen molar-refractivity contribution in [2.75, 3.05) is 31.9 Å². The first-order chi connectivity index (χ1) is 13.0. The van der Waals surface area contributed by atoms with Crippen LogP contribution in [-0.2, 0) is 24.8 Å². The van der Waals surface area contributed by atoms with E-state index in [-0.39, 0.29) is 53.3 Å². The van der Waals surface area contributed by atoms with Crippen molar-refractivity contribution in [3.05, 3.63) is 17.5 Å². The summed E-state index contributed by atoms with van der Waals surface area (Å²) in [6.07, 6.45) is 2.02. The van der Waals surface area contributed by atoms with Crippen LogP contribution in [0.1, 0.15) is 33.1 Å². The highest BCUT2D eigenvalue weighted by Crippen LogP contribution is 2.64. The zero-order valence-corrected chi connectivity index (χ0v) is 18.6. The maximum atomic E-state index is 13.2. The SMILES string of the molecule is CC1(C)C2CCC1(CS(=O)(=O)N1CCN(S(=O)(=O)c3cccs3)CC1)C(=O)C2. The average molecular weight is 447 g/mol. The van der Waals surface area contributed by atoms with Gasteiger partial charge in [-0.1, -0.05) is 19.9 Å². The Morgan fingerprint density at radius 1 is 1.11 bits per heavy atom. The summed E-state index contributed by atoms with van der Waals surface area (Å²) in [4.78, 5) is 12.7. The lowest BCUT2D eigenvalue weighted by Gasteiger charge is -2.39. The molecular formula is C18H26N2O5S3. The minimum atomic E-state index is -3.64. The van der Waals surface area contributed by atoms with Gasteiger partial charge in [0.2, 0.25) is 10.0 Å². The third-order valence-corrected chi connectivity index (χ3v) is 12.5. The van der Waals surface area contributed by atoms with Gasteiger partial charge in [0.1, 0.15) is 9.99 Å². The van der Waals surface area contributed by atoms with Crippen molar-refractivity contribution in [2.24, 2.45) is 16.7 Å². The van der Waals surface area contributed by atoms with Gasteiger partial charge < -0.3 is 0 Å². The van der Waals surface area contributed by atoms with Crippen molar-refractivity contribution in [1.29, 1.82) is 0 Å². The smallest absolute Gasteiger partial charge is 0.252 e. The molecule has 0 N–H and O–H groups in total. The van der Waals surface area contributed by atoms with Crippen molar-refractivity contribution in [3.8, 4) is 0 Å². The van der Waals surface area contributed by atoms with Gasteiger partial charge in [-0.05, 0) is 35.6 Å². The van der Waals surface area contributed by atoms with E-state index in [0.29, 0.717) is 12.8 Å². The molecule has 1 aromatic heterocycles. The molecule has 156 valence electrons. The zero-order chi connectivity index (χ0) is 20.4. The van der Waals surface area contributed by atoms with E-state index in [9.17, 15) is 21.6 Å². The number of carbonyl (C=O) groups excluding carboxylic acids is 1. The summed E-state index contributed by atoms with van der Waals surface area (Å²) < 4.78 is 54.6. The molecule has 7 nitrogen and oxygen atoms in total. The third kappa shape index (κ3) is 2.91. The number of hydrogen-bond acceptors (Lipinski definition) is 6. The number of ketones is 1. The molecule has 2 aliphatic carbocycles. The van der Waals surface area contributed by atoms with E-state index in [0.717, 1.165) is 17.8 Å². The molecule has 10 heteroatoms. The summed E-state index contributed by atoms with van der Waals surface area (Å²) >= 11 is 1.16. The molecule has 3 aliphatic rings. The number of nitrogens with zero attached hydrogens (tertiary/aromatic N) is 2. The minimum absolute atomic E-state index is 0.0798. The standard InChI is InChI=1S/C18H26N2O5S3/c1-17(2)14-5-6-18(17,15(21)12-14)13-27(22,23)19-7-9-20(10-8-19)28(24,25)16-4-3-11-26-16/h3-4,11,14H,5-10,12-13H2,1-2H3. The molecular weight excluding hydrogens is 420 g/mol. The molecule has 3 fully saturated rings. The van der Waals surface area contributed by atoms with Crippen LogP contribution < -0.4 is 0 Å². The molecule has 0 radical (unpaired) electrons. The van der Waals surface area contributed by atoms with Crippen molar-refractivity contribution < 1.29 is 21.6 Å². The van der Waals surface area contributed by atoms with Crippen LogP contribution in [0, 0.1) is 16.7 Å². The van der Waals surface area contributed by atoms with Crippen molar-refractivity contribution in [1.82, 2.24) is 8.61 Å². The van der Waals surface area contributed by atoms with Gasteiger partial charge in [-0.3, -0.25) is 4.79 Å². The average Bonchev–Trinajstić information content (AvgIpc) is 3.29. The number of rotatable bonds is 5. The van der Waals surface area contributed by atoms with E-state index in [1.54, 1.807) is 17.5 Å². The Balaban J connectivity index is 1.48.